The number of halogens is 3. The monoisotopic (exact) mass is 292 g/mol. The minimum atomic E-state index is -0.545. The summed E-state index contributed by atoms with van der Waals surface area (Å²) >= 11 is 2.88. The molecule has 0 radical (unpaired) electrons. The van der Waals surface area contributed by atoms with Gasteiger partial charge in [-0.1, -0.05) is 0 Å². The van der Waals surface area contributed by atoms with Gasteiger partial charge in [0, 0.05) is 26.1 Å². The Kier molecular flexibility index (Phi) is 4.67. The molecule has 0 aliphatic rings. The zero-order valence-electron chi connectivity index (χ0n) is 8.61. The molecule has 0 heterocycles. The van der Waals surface area contributed by atoms with E-state index in [-0.39, 0.29) is 16.1 Å². The second-order valence-electron chi connectivity index (χ2n) is 3.16. The molecule has 1 rings (SSSR count). The standard InChI is InChI=1S/C10H11BrF2N2O/c1-6(16)14-2-3-15-10-5-8(12)7(11)4-9(10)13/h4-5,15H,2-3H2,1H3,(H,14,16). The van der Waals surface area contributed by atoms with E-state index < -0.39 is 11.6 Å². The predicted octanol–water partition coefficient (Wildman–Crippen LogP) is 2.28. The molecule has 16 heavy (non-hydrogen) atoms. The molecule has 0 bridgehead atoms. The summed E-state index contributed by atoms with van der Waals surface area (Å²) in [6.07, 6.45) is 0. The van der Waals surface area contributed by atoms with Crippen LogP contribution in [0.3, 0.4) is 0 Å². The van der Waals surface area contributed by atoms with E-state index in [2.05, 4.69) is 26.6 Å². The van der Waals surface area contributed by atoms with Crippen LogP contribution in [0.5, 0.6) is 0 Å². The minimum absolute atomic E-state index is 0.0750. The molecular weight excluding hydrogens is 282 g/mol. The third-order valence-electron chi connectivity index (χ3n) is 1.82. The van der Waals surface area contributed by atoms with Crippen molar-refractivity contribution in [3.8, 4) is 0 Å². The van der Waals surface area contributed by atoms with E-state index in [4.69, 9.17) is 0 Å². The first-order valence-corrected chi connectivity index (χ1v) is 5.43. The number of benzene rings is 1. The summed E-state index contributed by atoms with van der Waals surface area (Å²) in [4.78, 5) is 10.5. The van der Waals surface area contributed by atoms with Crippen molar-refractivity contribution in [1.29, 1.82) is 0 Å². The molecule has 0 aliphatic carbocycles. The van der Waals surface area contributed by atoms with Gasteiger partial charge in [-0.3, -0.25) is 4.79 Å². The highest BCUT2D eigenvalue weighted by molar-refractivity contribution is 9.10. The van der Waals surface area contributed by atoms with Crippen LogP contribution in [0.15, 0.2) is 16.6 Å². The smallest absolute Gasteiger partial charge is 0.216 e. The average molecular weight is 293 g/mol. The quantitative estimate of drug-likeness (QED) is 0.660. The molecule has 0 saturated carbocycles. The topological polar surface area (TPSA) is 41.1 Å². The second-order valence-corrected chi connectivity index (χ2v) is 4.01. The van der Waals surface area contributed by atoms with E-state index in [1.807, 2.05) is 0 Å². The zero-order valence-corrected chi connectivity index (χ0v) is 10.2. The van der Waals surface area contributed by atoms with Crippen molar-refractivity contribution >= 4 is 27.5 Å². The summed E-state index contributed by atoms with van der Waals surface area (Å²) < 4.78 is 26.4. The van der Waals surface area contributed by atoms with Crippen molar-refractivity contribution in [3.05, 3.63) is 28.2 Å². The molecule has 3 nitrogen and oxygen atoms in total. The number of hydrogen-bond donors (Lipinski definition) is 2. The molecule has 0 fully saturated rings. The summed E-state index contributed by atoms with van der Waals surface area (Å²) in [5, 5.41) is 5.22. The maximum atomic E-state index is 13.3. The summed E-state index contributed by atoms with van der Waals surface area (Å²) in [6.45, 7) is 2.07. The third kappa shape index (κ3) is 3.77. The Labute approximate surface area is 100 Å². The number of rotatable bonds is 4. The minimum Gasteiger partial charge on any atom is -0.381 e. The first kappa shape index (κ1) is 12.9. The van der Waals surface area contributed by atoms with Crippen LogP contribution < -0.4 is 10.6 Å². The summed E-state index contributed by atoms with van der Waals surface area (Å²) in [5.41, 5.74) is 0.0750. The van der Waals surface area contributed by atoms with Crippen molar-refractivity contribution in [3.63, 3.8) is 0 Å². The Balaban J connectivity index is 2.54. The number of anilines is 1. The van der Waals surface area contributed by atoms with Gasteiger partial charge in [-0.25, -0.2) is 8.78 Å². The van der Waals surface area contributed by atoms with Crippen molar-refractivity contribution in [2.24, 2.45) is 0 Å². The highest BCUT2D eigenvalue weighted by Gasteiger charge is 2.07. The van der Waals surface area contributed by atoms with E-state index in [0.717, 1.165) is 12.1 Å². The van der Waals surface area contributed by atoms with Crippen LogP contribution in [0.25, 0.3) is 0 Å². The number of carbonyl (C=O) groups excluding carboxylic acids is 1. The van der Waals surface area contributed by atoms with Gasteiger partial charge in [0.25, 0.3) is 0 Å². The number of amides is 1. The predicted molar refractivity (Wildman–Crippen MR) is 61.2 cm³/mol. The molecule has 0 atom stereocenters. The highest BCUT2D eigenvalue weighted by atomic mass is 79.9. The normalized spacial score (nSPS) is 10.0. The van der Waals surface area contributed by atoms with E-state index >= 15 is 0 Å². The first-order chi connectivity index (χ1) is 7.50. The maximum Gasteiger partial charge on any atom is 0.216 e. The first-order valence-electron chi connectivity index (χ1n) is 4.63. The molecule has 0 saturated heterocycles. The Morgan fingerprint density at radius 2 is 2.00 bits per heavy atom. The van der Waals surface area contributed by atoms with Gasteiger partial charge in [-0.2, -0.15) is 0 Å². The molecular formula is C10H11BrF2N2O. The van der Waals surface area contributed by atoms with Crippen molar-refractivity contribution < 1.29 is 13.6 Å². The lowest BCUT2D eigenvalue weighted by Gasteiger charge is -2.08. The molecule has 1 amide bonds. The van der Waals surface area contributed by atoms with Crippen LogP contribution in [0.1, 0.15) is 6.92 Å². The molecule has 0 aromatic heterocycles. The lowest BCUT2D eigenvalue weighted by Crippen LogP contribution is -2.26. The molecule has 0 aliphatic heterocycles. The summed E-state index contributed by atoms with van der Waals surface area (Å²) in [5.74, 6) is -1.25. The van der Waals surface area contributed by atoms with E-state index in [9.17, 15) is 13.6 Å². The van der Waals surface area contributed by atoms with E-state index in [0.29, 0.717) is 13.1 Å². The summed E-state index contributed by atoms with van der Waals surface area (Å²) in [6, 6.07) is 2.11. The molecule has 6 heteroatoms. The molecule has 2 N–H and O–H groups in total. The van der Waals surface area contributed by atoms with Gasteiger partial charge in [0.2, 0.25) is 5.91 Å². The fourth-order valence-electron chi connectivity index (χ4n) is 1.09. The summed E-state index contributed by atoms with van der Waals surface area (Å²) in [7, 11) is 0. The highest BCUT2D eigenvalue weighted by Crippen LogP contribution is 2.22. The van der Waals surface area contributed by atoms with Gasteiger partial charge < -0.3 is 10.6 Å². The lowest BCUT2D eigenvalue weighted by atomic mass is 10.3. The largest absolute Gasteiger partial charge is 0.381 e. The fourth-order valence-corrected chi connectivity index (χ4v) is 1.41. The number of carbonyl (C=O) groups is 1. The van der Waals surface area contributed by atoms with Crippen molar-refractivity contribution in [2.75, 3.05) is 18.4 Å². The van der Waals surface area contributed by atoms with Crippen molar-refractivity contribution in [2.45, 2.75) is 6.92 Å². The van der Waals surface area contributed by atoms with Crippen LogP contribution in [0.4, 0.5) is 14.5 Å². The number of nitrogens with one attached hydrogen (secondary N) is 2. The van der Waals surface area contributed by atoms with Gasteiger partial charge in [0.05, 0.1) is 10.2 Å². The van der Waals surface area contributed by atoms with Gasteiger partial charge in [0.1, 0.15) is 11.6 Å². The molecule has 1 aromatic carbocycles. The van der Waals surface area contributed by atoms with E-state index in [1.165, 1.54) is 6.92 Å². The van der Waals surface area contributed by atoms with Gasteiger partial charge in [-0.05, 0) is 22.0 Å². The third-order valence-corrected chi connectivity index (χ3v) is 2.43. The molecule has 0 spiro atoms. The van der Waals surface area contributed by atoms with Crippen LogP contribution in [0.2, 0.25) is 0 Å². The lowest BCUT2D eigenvalue weighted by molar-refractivity contribution is -0.118. The van der Waals surface area contributed by atoms with Crippen molar-refractivity contribution in [1.82, 2.24) is 5.32 Å². The zero-order chi connectivity index (χ0) is 12.1. The Morgan fingerprint density at radius 1 is 1.31 bits per heavy atom. The fraction of sp³-hybridized carbons (Fsp3) is 0.300. The SMILES string of the molecule is CC(=O)NCCNc1cc(F)c(Br)cc1F. The van der Waals surface area contributed by atoms with Gasteiger partial charge in [-0.15, -0.1) is 0 Å². The van der Waals surface area contributed by atoms with E-state index in [1.54, 1.807) is 0 Å². The molecule has 88 valence electrons. The average Bonchev–Trinajstić information content (AvgIpc) is 2.19. The second kappa shape index (κ2) is 5.79. The Bertz CT molecular complexity index is 399. The Morgan fingerprint density at radius 3 is 2.62 bits per heavy atom. The molecule has 1 aromatic rings. The van der Waals surface area contributed by atoms with Gasteiger partial charge >= 0.3 is 0 Å². The van der Waals surface area contributed by atoms with Gasteiger partial charge in [0.15, 0.2) is 0 Å². The number of hydrogen-bond acceptors (Lipinski definition) is 2. The van der Waals surface area contributed by atoms with Crippen LogP contribution in [-0.4, -0.2) is 19.0 Å². The van der Waals surface area contributed by atoms with Crippen LogP contribution >= 0.6 is 15.9 Å². The van der Waals surface area contributed by atoms with Crippen LogP contribution in [-0.2, 0) is 4.79 Å². The molecule has 0 unspecified atom stereocenters. The Hall–Kier alpha value is -1.17. The van der Waals surface area contributed by atoms with Crippen LogP contribution in [0, 0.1) is 11.6 Å². The maximum absolute atomic E-state index is 13.3.